The zero-order valence-corrected chi connectivity index (χ0v) is 11.3. The molecular formula is C14H22N4. The molecule has 0 fully saturated rings. The number of anilines is 1. The molecule has 0 atom stereocenters. The zero-order valence-electron chi connectivity index (χ0n) is 11.3. The fraction of sp³-hybridized carbons (Fsp3) is 0.571. The molecule has 0 aliphatic rings. The molecule has 2 N–H and O–H groups in total. The van der Waals surface area contributed by atoms with E-state index in [1.54, 1.807) is 0 Å². The molecule has 0 aliphatic carbocycles. The van der Waals surface area contributed by atoms with Crippen molar-refractivity contribution in [1.29, 1.82) is 0 Å². The molecule has 0 bridgehead atoms. The lowest BCUT2D eigenvalue weighted by atomic mass is 10.0. The summed E-state index contributed by atoms with van der Waals surface area (Å²) in [6.07, 6.45) is 6.03. The van der Waals surface area contributed by atoms with Crippen LogP contribution in [0, 0.1) is 5.92 Å². The van der Waals surface area contributed by atoms with Gasteiger partial charge in [-0.15, -0.1) is 0 Å². The molecule has 0 aliphatic heterocycles. The van der Waals surface area contributed by atoms with Crippen LogP contribution < -0.4 is 5.73 Å². The number of benzene rings is 1. The quantitative estimate of drug-likeness (QED) is 0.238. The number of azide groups is 1. The van der Waals surface area contributed by atoms with E-state index < -0.39 is 0 Å². The van der Waals surface area contributed by atoms with Crippen molar-refractivity contribution >= 4 is 11.4 Å². The third kappa shape index (κ3) is 5.11. The summed E-state index contributed by atoms with van der Waals surface area (Å²) in [6, 6.07) is 5.71. The number of hydrogen-bond acceptors (Lipinski definition) is 2. The summed E-state index contributed by atoms with van der Waals surface area (Å²) in [6.45, 7) is 4.51. The van der Waals surface area contributed by atoms with E-state index in [9.17, 15) is 0 Å². The van der Waals surface area contributed by atoms with E-state index in [2.05, 4.69) is 23.9 Å². The van der Waals surface area contributed by atoms with Gasteiger partial charge in [-0.25, -0.2) is 0 Å². The van der Waals surface area contributed by atoms with Crippen LogP contribution in [-0.4, -0.2) is 0 Å². The van der Waals surface area contributed by atoms with Gasteiger partial charge in [-0.3, -0.25) is 0 Å². The van der Waals surface area contributed by atoms with Crippen LogP contribution in [0.2, 0.25) is 0 Å². The standard InChI is InChI=1S/C14H22N4/c1-11(2)6-4-3-5-7-12-8-9-13(15)14(10-12)17-18-16/h8-11H,3-7,15H2,1-2H3. The van der Waals surface area contributed by atoms with Gasteiger partial charge < -0.3 is 5.73 Å². The van der Waals surface area contributed by atoms with Gasteiger partial charge in [-0.05, 0) is 42.0 Å². The average molecular weight is 246 g/mol. The lowest BCUT2D eigenvalue weighted by molar-refractivity contribution is 0.527. The van der Waals surface area contributed by atoms with Crippen LogP contribution in [0.5, 0.6) is 0 Å². The molecule has 98 valence electrons. The maximum Gasteiger partial charge on any atom is 0.0607 e. The van der Waals surface area contributed by atoms with Gasteiger partial charge in [0.15, 0.2) is 0 Å². The van der Waals surface area contributed by atoms with Gasteiger partial charge >= 0.3 is 0 Å². The highest BCUT2D eigenvalue weighted by Gasteiger charge is 2.00. The van der Waals surface area contributed by atoms with Crippen LogP contribution in [-0.2, 0) is 6.42 Å². The molecule has 1 rings (SSSR count). The molecule has 0 spiro atoms. The van der Waals surface area contributed by atoms with Gasteiger partial charge in [0.1, 0.15) is 0 Å². The number of hydrogen-bond donors (Lipinski definition) is 1. The summed E-state index contributed by atoms with van der Waals surface area (Å²) < 4.78 is 0. The minimum atomic E-state index is 0.538. The smallest absolute Gasteiger partial charge is 0.0607 e. The number of rotatable bonds is 7. The minimum Gasteiger partial charge on any atom is -0.398 e. The first-order chi connectivity index (χ1) is 8.63. The molecule has 0 saturated carbocycles. The molecule has 18 heavy (non-hydrogen) atoms. The largest absolute Gasteiger partial charge is 0.398 e. The van der Waals surface area contributed by atoms with E-state index in [1.165, 1.54) is 31.2 Å². The van der Waals surface area contributed by atoms with Crippen LogP contribution in [0.1, 0.15) is 45.1 Å². The minimum absolute atomic E-state index is 0.538. The number of aryl methyl sites for hydroxylation is 1. The highest BCUT2D eigenvalue weighted by atomic mass is 15.1. The Morgan fingerprint density at radius 2 is 2.06 bits per heavy atom. The maximum absolute atomic E-state index is 8.44. The van der Waals surface area contributed by atoms with Crippen molar-refractivity contribution in [2.45, 2.75) is 46.0 Å². The van der Waals surface area contributed by atoms with Gasteiger partial charge in [0.25, 0.3) is 0 Å². The maximum atomic E-state index is 8.44. The van der Waals surface area contributed by atoms with Crippen LogP contribution >= 0.6 is 0 Å². The molecular weight excluding hydrogens is 224 g/mol. The Kier molecular flexibility index (Phi) is 6.09. The second-order valence-corrected chi connectivity index (χ2v) is 5.08. The normalized spacial score (nSPS) is 10.4. The van der Waals surface area contributed by atoms with Crippen molar-refractivity contribution in [1.82, 2.24) is 0 Å². The van der Waals surface area contributed by atoms with Crippen molar-refractivity contribution < 1.29 is 0 Å². The van der Waals surface area contributed by atoms with Crippen molar-refractivity contribution in [3.05, 3.63) is 34.2 Å². The molecule has 0 amide bonds. The van der Waals surface area contributed by atoms with Crippen LogP contribution in [0.4, 0.5) is 11.4 Å². The molecule has 0 aromatic heterocycles. The lowest BCUT2D eigenvalue weighted by Crippen LogP contribution is -1.91. The van der Waals surface area contributed by atoms with Crippen molar-refractivity contribution in [2.75, 3.05) is 5.73 Å². The van der Waals surface area contributed by atoms with Crippen LogP contribution in [0.25, 0.3) is 10.4 Å². The summed E-state index contributed by atoms with van der Waals surface area (Å²) in [5.74, 6) is 0.790. The topological polar surface area (TPSA) is 74.8 Å². The molecule has 1 aromatic carbocycles. The van der Waals surface area contributed by atoms with Gasteiger partial charge in [-0.2, -0.15) is 0 Å². The Hall–Kier alpha value is -1.67. The third-order valence-corrected chi connectivity index (χ3v) is 2.99. The fourth-order valence-corrected chi connectivity index (χ4v) is 1.94. The van der Waals surface area contributed by atoms with Crippen LogP contribution in [0.15, 0.2) is 23.3 Å². The average Bonchev–Trinajstić information content (AvgIpc) is 2.32. The summed E-state index contributed by atoms with van der Waals surface area (Å²) >= 11 is 0. The monoisotopic (exact) mass is 246 g/mol. The van der Waals surface area contributed by atoms with E-state index in [0.29, 0.717) is 11.4 Å². The Bertz CT molecular complexity index is 420. The Morgan fingerprint density at radius 1 is 1.28 bits per heavy atom. The second kappa shape index (κ2) is 7.62. The molecule has 0 radical (unpaired) electrons. The predicted molar refractivity (Wildman–Crippen MR) is 76.7 cm³/mol. The lowest BCUT2D eigenvalue weighted by Gasteiger charge is -2.06. The van der Waals surface area contributed by atoms with E-state index >= 15 is 0 Å². The second-order valence-electron chi connectivity index (χ2n) is 5.08. The first kappa shape index (κ1) is 14.4. The third-order valence-electron chi connectivity index (χ3n) is 2.99. The van der Waals surface area contributed by atoms with E-state index in [-0.39, 0.29) is 0 Å². The summed E-state index contributed by atoms with van der Waals surface area (Å²) in [7, 11) is 0. The van der Waals surface area contributed by atoms with Gasteiger partial charge in [-0.1, -0.05) is 44.3 Å². The number of nitrogens with zero attached hydrogens (tertiary/aromatic N) is 3. The highest BCUT2D eigenvalue weighted by Crippen LogP contribution is 2.24. The molecule has 0 unspecified atom stereocenters. The Balaban J connectivity index is 2.43. The number of nitrogen functional groups attached to an aromatic ring is 1. The molecule has 0 heterocycles. The van der Waals surface area contributed by atoms with E-state index in [0.717, 1.165) is 12.3 Å². The van der Waals surface area contributed by atoms with Gasteiger partial charge in [0.2, 0.25) is 0 Å². The van der Waals surface area contributed by atoms with Crippen molar-refractivity contribution in [3.8, 4) is 0 Å². The van der Waals surface area contributed by atoms with Gasteiger partial charge in [0.05, 0.1) is 5.69 Å². The fourth-order valence-electron chi connectivity index (χ4n) is 1.94. The van der Waals surface area contributed by atoms with Gasteiger partial charge in [0, 0.05) is 10.6 Å². The molecule has 0 saturated heterocycles. The van der Waals surface area contributed by atoms with E-state index in [4.69, 9.17) is 11.3 Å². The Morgan fingerprint density at radius 3 is 2.72 bits per heavy atom. The van der Waals surface area contributed by atoms with Crippen molar-refractivity contribution in [2.24, 2.45) is 11.0 Å². The Labute approximate surface area is 109 Å². The summed E-state index contributed by atoms with van der Waals surface area (Å²) in [4.78, 5) is 2.78. The first-order valence-electron chi connectivity index (χ1n) is 6.57. The molecule has 1 aromatic rings. The summed E-state index contributed by atoms with van der Waals surface area (Å²) in [5.41, 5.74) is 16.4. The number of unbranched alkanes of at least 4 members (excludes halogenated alkanes) is 2. The number of nitrogens with two attached hydrogens (primary N) is 1. The molecule has 4 nitrogen and oxygen atoms in total. The predicted octanol–water partition coefficient (Wildman–Crippen LogP) is 4.97. The van der Waals surface area contributed by atoms with E-state index in [1.807, 2.05) is 18.2 Å². The van der Waals surface area contributed by atoms with Crippen LogP contribution in [0.3, 0.4) is 0 Å². The summed E-state index contributed by atoms with van der Waals surface area (Å²) in [5, 5.41) is 3.59. The highest BCUT2D eigenvalue weighted by molar-refractivity contribution is 5.63. The SMILES string of the molecule is CC(C)CCCCCc1ccc(N)c(N=[N+]=[N-])c1. The zero-order chi connectivity index (χ0) is 13.4. The van der Waals surface area contributed by atoms with Crippen molar-refractivity contribution in [3.63, 3.8) is 0 Å². The first-order valence-corrected chi connectivity index (χ1v) is 6.57. The molecule has 4 heteroatoms.